The van der Waals surface area contributed by atoms with Gasteiger partial charge >= 0.3 is 14.5 Å². The molecule has 2 aromatic rings. The van der Waals surface area contributed by atoms with Crippen LogP contribution in [0.1, 0.15) is 6.23 Å². The topological polar surface area (TPSA) is 216 Å². The van der Waals surface area contributed by atoms with Gasteiger partial charge in [0.1, 0.15) is 30.2 Å². The number of phosphoric acid groups is 1. The number of aliphatic hydroxyl groups is 2. The summed E-state index contributed by atoms with van der Waals surface area (Å²) >= 11 is 4.47. The Labute approximate surface area is 156 Å². The van der Waals surface area contributed by atoms with Crippen molar-refractivity contribution >= 4 is 43.3 Å². The Balaban J connectivity index is 1.75. The molecule has 0 aromatic carbocycles. The molecule has 0 amide bonds. The molecule has 0 aliphatic carbocycles. The maximum Gasteiger partial charge on any atom is 0.476 e. The fraction of sp³-hybridized carbons (Fsp3) is 0.500. The molecule has 27 heavy (non-hydrogen) atoms. The molecule has 0 spiro atoms. The van der Waals surface area contributed by atoms with E-state index in [2.05, 4.69) is 31.1 Å². The minimum Gasteiger partial charge on any atom is -0.387 e. The van der Waals surface area contributed by atoms with Crippen molar-refractivity contribution < 1.29 is 43.0 Å². The molecule has 1 aliphatic heterocycles. The van der Waals surface area contributed by atoms with E-state index in [0.29, 0.717) is 0 Å². The van der Waals surface area contributed by atoms with Gasteiger partial charge in [-0.15, -0.1) is 0 Å². The Morgan fingerprint density at radius 3 is 2.63 bits per heavy atom. The summed E-state index contributed by atoms with van der Waals surface area (Å²) in [7, 11) is -5.08. The Bertz CT molecular complexity index is 937. The van der Waals surface area contributed by atoms with Crippen LogP contribution in [0.15, 0.2) is 12.7 Å². The van der Waals surface area contributed by atoms with Crippen molar-refractivity contribution in [1.29, 1.82) is 0 Å². The summed E-state index contributed by atoms with van der Waals surface area (Å²) in [5.41, 5.74) is 6.21. The third-order valence-electron chi connectivity index (χ3n) is 3.61. The molecule has 0 saturated carbocycles. The SMILES string of the molecule is Nc1ncnc2c1ncn2[C@@H]1O[C@H](COP(O)(=S)OP(=O)(O)O)[C@@H](O)C1O. The highest BCUT2D eigenvalue weighted by Crippen LogP contribution is 2.58. The molecule has 2 unspecified atom stereocenters. The summed E-state index contributed by atoms with van der Waals surface area (Å²) in [5.74, 6) is 0.113. The summed E-state index contributed by atoms with van der Waals surface area (Å²) in [6.07, 6.45) is -2.77. The number of nitrogens with zero attached hydrogens (tertiary/aromatic N) is 4. The zero-order chi connectivity index (χ0) is 20.0. The average molecular weight is 443 g/mol. The lowest BCUT2D eigenvalue weighted by Gasteiger charge is -2.19. The average Bonchev–Trinajstić information content (AvgIpc) is 3.07. The lowest BCUT2D eigenvalue weighted by atomic mass is 10.1. The first-order chi connectivity index (χ1) is 12.5. The van der Waals surface area contributed by atoms with Crippen molar-refractivity contribution in [2.75, 3.05) is 12.3 Å². The van der Waals surface area contributed by atoms with E-state index in [9.17, 15) is 19.7 Å². The standard InChI is InChI=1S/C10H15N5O9P2S/c11-8-5-9(13-2-12-8)15(3-14-5)10-7(17)6(16)4(23-10)1-22-26(21,27)24-25(18,19)20/h2-4,6-7,10,16-17H,1H2,(H,21,27)(H2,11,12,13)(H2,18,19,20)/t4-,6-,7?,10-,26?/m1/s1. The molecule has 3 rings (SSSR count). The van der Waals surface area contributed by atoms with Crippen LogP contribution >= 0.6 is 14.5 Å². The van der Waals surface area contributed by atoms with Crippen LogP contribution in [0, 0.1) is 0 Å². The van der Waals surface area contributed by atoms with Gasteiger partial charge in [0.05, 0.1) is 12.9 Å². The molecular weight excluding hydrogens is 428 g/mol. The van der Waals surface area contributed by atoms with Crippen LogP contribution in [0.3, 0.4) is 0 Å². The van der Waals surface area contributed by atoms with Crippen molar-refractivity contribution in [2.24, 2.45) is 0 Å². The van der Waals surface area contributed by atoms with Crippen molar-refractivity contribution in [1.82, 2.24) is 19.5 Å². The molecule has 1 fully saturated rings. The quantitative estimate of drug-likeness (QED) is 0.276. The Morgan fingerprint density at radius 1 is 1.26 bits per heavy atom. The fourth-order valence-corrected chi connectivity index (χ4v) is 5.04. The van der Waals surface area contributed by atoms with Gasteiger partial charge in [-0.05, 0) is 11.8 Å². The van der Waals surface area contributed by atoms with E-state index < -0.39 is 45.7 Å². The fourth-order valence-electron chi connectivity index (χ4n) is 2.48. The smallest absolute Gasteiger partial charge is 0.387 e. The highest BCUT2D eigenvalue weighted by molar-refractivity contribution is 8.08. The second-order valence-electron chi connectivity index (χ2n) is 5.47. The number of aromatic nitrogens is 4. The summed E-state index contributed by atoms with van der Waals surface area (Å²) in [6, 6.07) is 0. The number of ether oxygens (including phenoxy) is 1. The summed E-state index contributed by atoms with van der Waals surface area (Å²) in [5, 5.41) is 20.4. The first-order valence-electron chi connectivity index (χ1n) is 7.17. The third-order valence-corrected chi connectivity index (χ3v) is 6.68. The molecule has 0 radical (unpaired) electrons. The van der Waals surface area contributed by atoms with Gasteiger partial charge in [-0.2, -0.15) is 0 Å². The number of hydrogen-bond acceptors (Lipinski definition) is 11. The number of fused-ring (bicyclic) bond motifs is 1. The van der Waals surface area contributed by atoms with Crippen LogP contribution in [0.4, 0.5) is 5.82 Å². The largest absolute Gasteiger partial charge is 0.476 e. The molecule has 0 bridgehead atoms. The zero-order valence-corrected chi connectivity index (χ0v) is 15.8. The van der Waals surface area contributed by atoms with Crippen LogP contribution in [-0.2, 0) is 29.9 Å². The number of nitrogen functional groups attached to an aromatic ring is 1. The van der Waals surface area contributed by atoms with E-state index in [4.69, 9.17) is 24.8 Å². The first-order valence-corrected chi connectivity index (χ1v) is 11.3. The first kappa shape index (κ1) is 20.6. The second kappa shape index (κ2) is 7.39. The van der Waals surface area contributed by atoms with Gasteiger partial charge in [-0.3, -0.25) is 4.57 Å². The van der Waals surface area contributed by atoms with Crippen LogP contribution in [0.25, 0.3) is 11.2 Å². The highest BCUT2D eigenvalue weighted by Gasteiger charge is 2.45. The van der Waals surface area contributed by atoms with E-state index in [1.54, 1.807) is 0 Å². The van der Waals surface area contributed by atoms with Crippen LogP contribution in [0.2, 0.25) is 0 Å². The number of nitrogens with two attached hydrogens (primary N) is 1. The minimum atomic E-state index is -5.08. The van der Waals surface area contributed by atoms with Gasteiger partial charge < -0.3 is 39.9 Å². The predicted octanol–water partition coefficient (Wildman–Crippen LogP) is -1.63. The zero-order valence-electron chi connectivity index (χ0n) is 13.2. The molecule has 14 nitrogen and oxygen atoms in total. The third kappa shape index (κ3) is 4.50. The monoisotopic (exact) mass is 443 g/mol. The van der Waals surface area contributed by atoms with E-state index in [0.717, 1.165) is 0 Å². The summed E-state index contributed by atoms with van der Waals surface area (Å²) in [4.78, 5) is 38.8. The van der Waals surface area contributed by atoms with Crippen molar-refractivity contribution in [3.8, 4) is 0 Å². The number of hydrogen-bond donors (Lipinski definition) is 6. The summed E-state index contributed by atoms with van der Waals surface area (Å²) < 4.78 is 26.4. The molecule has 150 valence electrons. The van der Waals surface area contributed by atoms with E-state index in [1.165, 1.54) is 17.2 Å². The molecule has 1 aliphatic rings. The number of rotatable bonds is 6. The minimum absolute atomic E-state index is 0.113. The van der Waals surface area contributed by atoms with Gasteiger partial charge in [-0.1, -0.05) is 0 Å². The van der Waals surface area contributed by atoms with Crippen molar-refractivity contribution in [3.05, 3.63) is 12.7 Å². The predicted molar refractivity (Wildman–Crippen MR) is 91.2 cm³/mol. The lowest BCUT2D eigenvalue weighted by molar-refractivity contribution is -0.0486. The molecule has 2 aromatic heterocycles. The van der Waals surface area contributed by atoms with Crippen LogP contribution in [-0.4, -0.2) is 69.3 Å². The molecule has 7 N–H and O–H groups in total. The Hall–Kier alpha value is -1.09. The Kier molecular flexibility index (Phi) is 5.65. The Morgan fingerprint density at radius 2 is 1.96 bits per heavy atom. The molecule has 3 heterocycles. The van der Waals surface area contributed by atoms with Gasteiger partial charge in [-0.25, -0.2) is 23.8 Å². The molecular formula is C10H15N5O9P2S. The van der Waals surface area contributed by atoms with Crippen molar-refractivity contribution in [2.45, 2.75) is 24.5 Å². The maximum absolute atomic E-state index is 10.8. The van der Waals surface area contributed by atoms with Crippen LogP contribution in [0.5, 0.6) is 0 Å². The number of imidazole rings is 1. The second-order valence-corrected chi connectivity index (χ2v) is 9.68. The summed E-state index contributed by atoms with van der Waals surface area (Å²) in [6.45, 7) is -4.90. The maximum atomic E-state index is 10.8. The van der Waals surface area contributed by atoms with E-state index >= 15 is 0 Å². The molecule has 17 heteroatoms. The van der Waals surface area contributed by atoms with E-state index in [-0.39, 0.29) is 17.0 Å². The molecule has 5 atom stereocenters. The number of aliphatic hydroxyl groups excluding tert-OH is 2. The van der Waals surface area contributed by atoms with Gasteiger partial charge in [0.25, 0.3) is 0 Å². The van der Waals surface area contributed by atoms with Crippen LogP contribution < -0.4 is 5.73 Å². The van der Waals surface area contributed by atoms with Gasteiger partial charge in [0.2, 0.25) is 0 Å². The normalized spacial score (nSPS) is 28.5. The number of anilines is 1. The highest BCUT2D eigenvalue weighted by atomic mass is 32.5. The van der Waals surface area contributed by atoms with E-state index in [1.807, 2.05) is 0 Å². The van der Waals surface area contributed by atoms with Crippen molar-refractivity contribution in [3.63, 3.8) is 0 Å². The van der Waals surface area contributed by atoms with Gasteiger partial charge in [0, 0.05) is 0 Å². The molecule has 1 saturated heterocycles. The lowest BCUT2D eigenvalue weighted by Crippen LogP contribution is -2.33. The van der Waals surface area contributed by atoms with Gasteiger partial charge in [0.15, 0.2) is 17.7 Å².